The zero-order chi connectivity index (χ0) is 22.6. The van der Waals surface area contributed by atoms with Crippen molar-refractivity contribution in [2.45, 2.75) is 23.9 Å². The van der Waals surface area contributed by atoms with Crippen LogP contribution in [-0.4, -0.2) is 40.5 Å². The molecule has 0 unspecified atom stereocenters. The fourth-order valence-corrected chi connectivity index (χ4v) is 3.90. The molecular formula is C20H18F3N3O4S. The molecular weight excluding hydrogens is 435 g/mol. The number of likely N-dealkylation sites (tertiary alicyclic amines) is 1. The van der Waals surface area contributed by atoms with Gasteiger partial charge in [-0.3, -0.25) is 19.7 Å². The summed E-state index contributed by atoms with van der Waals surface area (Å²) in [6.45, 7) is 1.45. The summed E-state index contributed by atoms with van der Waals surface area (Å²) in [6, 6.07) is 8.53. The number of nitrogens with zero attached hydrogens (tertiary/aromatic N) is 2. The van der Waals surface area contributed by atoms with Crippen LogP contribution >= 0.6 is 11.8 Å². The maximum atomic E-state index is 12.8. The van der Waals surface area contributed by atoms with Crippen LogP contribution in [0.25, 0.3) is 0 Å². The molecule has 7 nitrogen and oxygen atoms in total. The number of halogens is 3. The summed E-state index contributed by atoms with van der Waals surface area (Å²) in [5.41, 5.74) is -0.894. The van der Waals surface area contributed by atoms with Crippen molar-refractivity contribution in [3.63, 3.8) is 0 Å². The van der Waals surface area contributed by atoms with Gasteiger partial charge in [-0.1, -0.05) is 0 Å². The fraction of sp³-hybridized carbons (Fsp3) is 0.300. The average molecular weight is 453 g/mol. The average Bonchev–Trinajstić information content (AvgIpc) is 3.26. The molecule has 0 radical (unpaired) electrons. The lowest BCUT2D eigenvalue weighted by Gasteiger charge is -2.15. The molecule has 1 saturated heterocycles. The van der Waals surface area contributed by atoms with Crippen molar-refractivity contribution >= 4 is 35.0 Å². The minimum Gasteiger partial charge on any atom is -0.339 e. The molecule has 0 atom stereocenters. The van der Waals surface area contributed by atoms with E-state index in [4.69, 9.17) is 0 Å². The van der Waals surface area contributed by atoms with Crippen LogP contribution in [0.3, 0.4) is 0 Å². The van der Waals surface area contributed by atoms with Crippen molar-refractivity contribution in [1.29, 1.82) is 0 Å². The summed E-state index contributed by atoms with van der Waals surface area (Å²) in [4.78, 5) is 36.4. The van der Waals surface area contributed by atoms with Gasteiger partial charge in [0.15, 0.2) is 0 Å². The van der Waals surface area contributed by atoms with Gasteiger partial charge in [0.25, 0.3) is 11.6 Å². The Labute approximate surface area is 179 Å². The van der Waals surface area contributed by atoms with Crippen molar-refractivity contribution in [3.8, 4) is 0 Å². The lowest BCUT2D eigenvalue weighted by molar-refractivity contribution is -0.388. The molecule has 0 saturated carbocycles. The van der Waals surface area contributed by atoms with E-state index in [1.165, 1.54) is 0 Å². The van der Waals surface area contributed by atoms with Crippen LogP contribution < -0.4 is 5.32 Å². The number of hydrogen-bond donors (Lipinski definition) is 1. The molecule has 1 heterocycles. The third kappa shape index (κ3) is 5.75. The zero-order valence-electron chi connectivity index (χ0n) is 16.1. The number of anilines is 1. The van der Waals surface area contributed by atoms with Crippen LogP contribution in [0, 0.1) is 10.1 Å². The second-order valence-electron chi connectivity index (χ2n) is 6.85. The van der Waals surface area contributed by atoms with Crippen molar-refractivity contribution in [2.24, 2.45) is 0 Å². The predicted octanol–water partition coefficient (Wildman–Crippen LogP) is 4.58. The van der Waals surface area contributed by atoms with Crippen LogP contribution in [0.2, 0.25) is 0 Å². The van der Waals surface area contributed by atoms with Gasteiger partial charge in [0, 0.05) is 30.4 Å². The van der Waals surface area contributed by atoms with Crippen LogP contribution in [0.15, 0.2) is 47.4 Å². The van der Waals surface area contributed by atoms with Gasteiger partial charge in [-0.15, -0.1) is 11.8 Å². The van der Waals surface area contributed by atoms with Gasteiger partial charge in [0.2, 0.25) is 5.91 Å². The summed E-state index contributed by atoms with van der Waals surface area (Å²) in [6.07, 6.45) is -2.74. The number of alkyl halides is 3. The van der Waals surface area contributed by atoms with Gasteiger partial charge in [-0.05, 0) is 49.2 Å². The molecule has 1 aliphatic heterocycles. The first kappa shape index (κ1) is 22.6. The molecule has 0 aromatic heterocycles. The third-order valence-electron chi connectivity index (χ3n) is 4.65. The Morgan fingerprint density at radius 3 is 2.32 bits per heavy atom. The summed E-state index contributed by atoms with van der Waals surface area (Å²) in [7, 11) is 0. The Morgan fingerprint density at radius 2 is 1.74 bits per heavy atom. The van der Waals surface area contributed by atoms with Crippen LogP contribution in [0.5, 0.6) is 0 Å². The van der Waals surface area contributed by atoms with Crippen LogP contribution in [0.1, 0.15) is 28.8 Å². The number of nitrogens with one attached hydrogen (secondary N) is 1. The molecule has 1 fully saturated rings. The van der Waals surface area contributed by atoms with Gasteiger partial charge >= 0.3 is 6.18 Å². The van der Waals surface area contributed by atoms with Crippen LogP contribution in [0.4, 0.5) is 24.5 Å². The van der Waals surface area contributed by atoms with Gasteiger partial charge in [-0.25, -0.2) is 0 Å². The number of amides is 2. The molecule has 2 amide bonds. The van der Waals surface area contributed by atoms with Crippen molar-refractivity contribution < 1.29 is 27.7 Å². The first-order valence-corrected chi connectivity index (χ1v) is 10.3. The molecule has 0 bridgehead atoms. The molecule has 3 rings (SSSR count). The minimum atomic E-state index is -4.70. The van der Waals surface area contributed by atoms with E-state index in [2.05, 4.69) is 5.32 Å². The lowest BCUT2D eigenvalue weighted by Crippen LogP contribution is -2.27. The van der Waals surface area contributed by atoms with E-state index >= 15 is 0 Å². The Bertz CT molecular complexity index is 990. The van der Waals surface area contributed by atoms with Crippen LogP contribution in [-0.2, 0) is 11.0 Å². The molecule has 1 N–H and O–H groups in total. The number of carbonyl (C=O) groups is 2. The van der Waals surface area contributed by atoms with Crippen molar-refractivity contribution in [1.82, 2.24) is 4.90 Å². The first-order chi connectivity index (χ1) is 14.6. The van der Waals surface area contributed by atoms with E-state index in [9.17, 15) is 32.9 Å². The number of hydrogen-bond acceptors (Lipinski definition) is 5. The molecule has 2 aromatic carbocycles. The largest absolute Gasteiger partial charge is 0.416 e. The number of nitro groups is 1. The topological polar surface area (TPSA) is 92.5 Å². The van der Waals surface area contributed by atoms with Gasteiger partial charge < -0.3 is 10.2 Å². The van der Waals surface area contributed by atoms with E-state index in [1.807, 2.05) is 0 Å². The second-order valence-corrected chi connectivity index (χ2v) is 7.87. The molecule has 2 aromatic rings. The fourth-order valence-electron chi connectivity index (χ4n) is 3.10. The van der Waals surface area contributed by atoms with E-state index < -0.39 is 28.3 Å². The van der Waals surface area contributed by atoms with Gasteiger partial charge in [0.1, 0.15) is 0 Å². The first-order valence-electron chi connectivity index (χ1n) is 9.33. The Kier molecular flexibility index (Phi) is 6.84. The molecule has 11 heteroatoms. The Hall–Kier alpha value is -3.08. The molecule has 164 valence electrons. The van der Waals surface area contributed by atoms with Crippen molar-refractivity contribution in [3.05, 3.63) is 63.7 Å². The number of carbonyl (C=O) groups excluding carboxylic acids is 2. The number of thioether (sulfide) groups is 1. The highest BCUT2D eigenvalue weighted by Gasteiger charge is 2.33. The number of nitro benzene ring substituents is 1. The lowest BCUT2D eigenvalue weighted by atomic mass is 10.2. The summed E-state index contributed by atoms with van der Waals surface area (Å²) in [5.74, 6) is -0.793. The molecule has 31 heavy (non-hydrogen) atoms. The van der Waals surface area contributed by atoms with Gasteiger partial charge in [0.05, 0.1) is 21.1 Å². The van der Waals surface area contributed by atoms with E-state index in [0.29, 0.717) is 17.3 Å². The summed E-state index contributed by atoms with van der Waals surface area (Å²) >= 11 is 0.765. The maximum Gasteiger partial charge on any atom is 0.416 e. The quantitative estimate of drug-likeness (QED) is 0.393. The smallest absolute Gasteiger partial charge is 0.339 e. The van der Waals surface area contributed by atoms with E-state index in [1.54, 1.807) is 29.2 Å². The normalized spacial score (nSPS) is 13.8. The molecule has 0 spiro atoms. The Balaban J connectivity index is 1.60. The molecule has 0 aliphatic carbocycles. The SMILES string of the molecule is O=C(CSc1ccc(C(F)(F)F)cc1[N+](=O)[O-])Nc1ccc(C(=O)N2CCCC2)cc1. The van der Waals surface area contributed by atoms with Crippen molar-refractivity contribution in [2.75, 3.05) is 24.2 Å². The highest BCUT2D eigenvalue weighted by Crippen LogP contribution is 2.36. The number of rotatable bonds is 6. The monoisotopic (exact) mass is 453 g/mol. The third-order valence-corrected chi connectivity index (χ3v) is 5.71. The minimum absolute atomic E-state index is 0.0419. The van der Waals surface area contributed by atoms with Gasteiger partial charge in [-0.2, -0.15) is 13.2 Å². The summed E-state index contributed by atoms with van der Waals surface area (Å²) < 4.78 is 38.3. The number of benzene rings is 2. The second kappa shape index (κ2) is 9.38. The van der Waals surface area contributed by atoms with E-state index in [-0.39, 0.29) is 16.6 Å². The predicted molar refractivity (Wildman–Crippen MR) is 109 cm³/mol. The highest BCUT2D eigenvalue weighted by atomic mass is 32.2. The standard InChI is InChI=1S/C20H18F3N3O4S/c21-20(22,23)14-5-8-17(16(11-14)26(29)30)31-12-18(27)24-15-6-3-13(4-7-15)19(28)25-9-1-2-10-25/h3-8,11H,1-2,9-10,12H2,(H,24,27). The summed E-state index contributed by atoms with van der Waals surface area (Å²) in [5, 5.41) is 13.7. The maximum absolute atomic E-state index is 12.8. The molecule has 1 aliphatic rings. The Morgan fingerprint density at radius 1 is 1.10 bits per heavy atom. The highest BCUT2D eigenvalue weighted by molar-refractivity contribution is 8.00. The zero-order valence-corrected chi connectivity index (χ0v) is 17.0. The van der Waals surface area contributed by atoms with E-state index in [0.717, 1.165) is 49.8 Å².